The van der Waals surface area contributed by atoms with E-state index in [-0.39, 0.29) is 0 Å². The second-order valence-corrected chi connectivity index (χ2v) is 10.0. The molecule has 0 fully saturated rings. The van der Waals surface area contributed by atoms with E-state index >= 15 is 0 Å². The van der Waals surface area contributed by atoms with Crippen LogP contribution in [0, 0.1) is 0 Å². The van der Waals surface area contributed by atoms with Crippen molar-refractivity contribution in [3.8, 4) is 0 Å². The topological polar surface area (TPSA) is 73.8 Å². The molecule has 0 spiro atoms. The molecule has 21 heavy (non-hydrogen) atoms. The Bertz CT molecular complexity index is 174. The van der Waals surface area contributed by atoms with Crippen LogP contribution in [0.2, 0.25) is 0 Å². The van der Waals surface area contributed by atoms with Crippen LogP contribution in [0.4, 0.5) is 0 Å². The predicted molar refractivity (Wildman–Crippen MR) is 77.1 cm³/mol. The average molecular weight is 419 g/mol. The standard InChI is InChI=1S/4C3H7O2.Sn/c4*1-5-3-2-4;/h4*2-3H2,1H3;/q4*-1;+4. The Kier molecular flexibility index (Phi) is 15.7. The molecule has 0 heterocycles. The summed E-state index contributed by atoms with van der Waals surface area (Å²) in [5, 5.41) is 0. The summed E-state index contributed by atoms with van der Waals surface area (Å²) in [4.78, 5) is 0. The summed E-state index contributed by atoms with van der Waals surface area (Å²) in [6, 6.07) is 0. The van der Waals surface area contributed by atoms with Crippen molar-refractivity contribution < 1.29 is 31.2 Å². The molecular weight excluding hydrogens is 391 g/mol. The monoisotopic (exact) mass is 420 g/mol. The van der Waals surface area contributed by atoms with Gasteiger partial charge in [0.2, 0.25) is 0 Å². The van der Waals surface area contributed by atoms with E-state index in [0.717, 1.165) is 0 Å². The molecule has 0 aromatic heterocycles. The molecule has 0 atom stereocenters. The van der Waals surface area contributed by atoms with E-state index in [1.807, 2.05) is 0 Å². The Morgan fingerprint density at radius 1 is 0.429 bits per heavy atom. The quantitative estimate of drug-likeness (QED) is 0.257. The third-order valence-corrected chi connectivity index (χ3v) is 8.63. The van der Waals surface area contributed by atoms with Crippen molar-refractivity contribution in [3.05, 3.63) is 0 Å². The molecule has 128 valence electrons. The van der Waals surface area contributed by atoms with Gasteiger partial charge in [-0.2, -0.15) is 0 Å². The number of ether oxygens (including phenoxy) is 4. The summed E-state index contributed by atoms with van der Waals surface area (Å²) in [5.41, 5.74) is 0. The predicted octanol–water partition coefficient (Wildman–Crippen LogP) is 0.0740. The minimum absolute atomic E-state index is 0.347. The number of hydrogen-bond donors (Lipinski definition) is 0. The summed E-state index contributed by atoms with van der Waals surface area (Å²) in [5.74, 6) is 0. The number of rotatable bonds is 16. The van der Waals surface area contributed by atoms with E-state index in [1.54, 1.807) is 28.4 Å². The van der Waals surface area contributed by atoms with Crippen LogP contribution in [-0.2, 0) is 31.2 Å². The van der Waals surface area contributed by atoms with Crippen LogP contribution in [0.25, 0.3) is 0 Å². The fraction of sp³-hybridized carbons (Fsp3) is 1.00. The van der Waals surface area contributed by atoms with Crippen LogP contribution in [0.5, 0.6) is 0 Å². The second kappa shape index (κ2) is 15.4. The fourth-order valence-corrected chi connectivity index (χ4v) is 6.48. The molecule has 0 N–H and O–H groups in total. The van der Waals surface area contributed by atoms with Gasteiger partial charge in [-0.25, -0.2) is 0 Å². The first-order valence-corrected chi connectivity index (χ1v) is 11.4. The van der Waals surface area contributed by atoms with E-state index in [9.17, 15) is 0 Å². The molecule has 0 saturated carbocycles. The molecule has 0 saturated heterocycles. The second-order valence-electron chi connectivity index (χ2n) is 3.87. The average Bonchev–Trinajstić information content (AvgIpc) is 2.48. The molecule has 9 heteroatoms. The van der Waals surface area contributed by atoms with Crippen molar-refractivity contribution in [3.63, 3.8) is 0 Å². The van der Waals surface area contributed by atoms with Crippen LogP contribution in [-0.4, -0.2) is 101 Å². The third-order valence-electron chi connectivity index (χ3n) is 2.27. The van der Waals surface area contributed by atoms with Gasteiger partial charge < -0.3 is 0 Å². The van der Waals surface area contributed by atoms with Crippen molar-refractivity contribution in [1.29, 1.82) is 0 Å². The zero-order chi connectivity index (χ0) is 15.8. The molecule has 0 aromatic carbocycles. The molecule has 0 aromatic rings. The van der Waals surface area contributed by atoms with Gasteiger partial charge in [-0.1, -0.05) is 0 Å². The Hall–Kier alpha value is 0.479. The summed E-state index contributed by atoms with van der Waals surface area (Å²) in [7, 11) is 6.40. The maximum atomic E-state index is 5.76. The Labute approximate surface area is 132 Å². The zero-order valence-electron chi connectivity index (χ0n) is 13.4. The van der Waals surface area contributed by atoms with Gasteiger partial charge in [0, 0.05) is 0 Å². The molecule has 0 radical (unpaired) electrons. The van der Waals surface area contributed by atoms with Crippen molar-refractivity contribution >= 4 is 20.0 Å². The summed E-state index contributed by atoms with van der Waals surface area (Å²) in [6.45, 7) is 3.14. The van der Waals surface area contributed by atoms with Crippen molar-refractivity contribution in [2.45, 2.75) is 0 Å². The first-order chi connectivity index (χ1) is 10.2. The molecule has 0 aliphatic rings. The van der Waals surface area contributed by atoms with Gasteiger partial charge in [0.25, 0.3) is 0 Å². The summed E-state index contributed by atoms with van der Waals surface area (Å²) < 4.78 is 43.0. The Morgan fingerprint density at radius 2 is 0.667 bits per heavy atom. The normalized spacial score (nSPS) is 12.0. The van der Waals surface area contributed by atoms with Crippen molar-refractivity contribution in [1.82, 2.24) is 0 Å². The van der Waals surface area contributed by atoms with Gasteiger partial charge in [-0.3, -0.25) is 0 Å². The third kappa shape index (κ3) is 11.7. The van der Waals surface area contributed by atoms with Gasteiger partial charge >= 0.3 is 133 Å². The zero-order valence-corrected chi connectivity index (χ0v) is 16.3. The van der Waals surface area contributed by atoms with Crippen LogP contribution in [0.1, 0.15) is 0 Å². The Morgan fingerprint density at radius 3 is 0.857 bits per heavy atom. The minimum atomic E-state index is -4.11. The van der Waals surface area contributed by atoms with Gasteiger partial charge in [0.15, 0.2) is 0 Å². The van der Waals surface area contributed by atoms with E-state index in [1.165, 1.54) is 0 Å². The first-order valence-electron chi connectivity index (χ1n) is 6.76. The molecule has 0 bridgehead atoms. The van der Waals surface area contributed by atoms with Gasteiger partial charge in [0.1, 0.15) is 0 Å². The molecule has 0 rings (SSSR count). The SMILES string of the molecule is COCC[O][Sn]([O]CCOC)([O]CCOC)[O]CCOC. The van der Waals surface area contributed by atoms with E-state index in [2.05, 4.69) is 0 Å². The Balaban J connectivity index is 4.52. The number of hydrogen-bond acceptors (Lipinski definition) is 8. The van der Waals surface area contributed by atoms with E-state index in [4.69, 9.17) is 31.2 Å². The molecular formula is C12H28O8Sn. The van der Waals surface area contributed by atoms with Crippen molar-refractivity contribution in [2.24, 2.45) is 0 Å². The van der Waals surface area contributed by atoms with Crippen LogP contribution < -0.4 is 0 Å². The van der Waals surface area contributed by atoms with Gasteiger partial charge in [-0.05, 0) is 0 Å². The fourth-order valence-electron chi connectivity index (χ4n) is 1.25. The molecule has 8 nitrogen and oxygen atoms in total. The van der Waals surface area contributed by atoms with Gasteiger partial charge in [0.05, 0.1) is 0 Å². The van der Waals surface area contributed by atoms with Gasteiger partial charge in [-0.15, -0.1) is 0 Å². The molecule has 0 unspecified atom stereocenters. The van der Waals surface area contributed by atoms with Crippen molar-refractivity contribution in [2.75, 3.05) is 81.3 Å². The molecule has 0 aliphatic carbocycles. The summed E-state index contributed by atoms with van der Waals surface area (Å²) in [6.07, 6.45) is 0. The van der Waals surface area contributed by atoms with Crippen LogP contribution in [0.3, 0.4) is 0 Å². The number of methoxy groups -OCH3 is 4. The first kappa shape index (κ1) is 21.5. The van der Waals surface area contributed by atoms with Crippen LogP contribution in [0.15, 0.2) is 0 Å². The molecule has 0 aliphatic heterocycles. The van der Waals surface area contributed by atoms with Crippen LogP contribution >= 0.6 is 0 Å². The maximum absolute atomic E-state index is 5.76. The van der Waals surface area contributed by atoms with E-state index < -0.39 is 20.0 Å². The van der Waals surface area contributed by atoms with E-state index in [0.29, 0.717) is 52.9 Å². The summed E-state index contributed by atoms with van der Waals surface area (Å²) >= 11 is -4.11. The molecule has 0 amide bonds.